The first-order valence-electron chi connectivity index (χ1n) is 10.8. The first-order valence-corrected chi connectivity index (χ1v) is 10.8. The molecule has 2 N–H and O–H groups in total. The van der Waals surface area contributed by atoms with E-state index in [4.69, 9.17) is 9.15 Å². The van der Waals surface area contributed by atoms with Gasteiger partial charge in [-0.3, -0.25) is 4.79 Å². The molecule has 7 heteroatoms. The maximum atomic E-state index is 13.0. The molecule has 2 heterocycles. The Kier molecular flexibility index (Phi) is 6.19. The molecular weight excluding hydrogens is 408 g/mol. The zero-order valence-electron chi connectivity index (χ0n) is 18.6. The van der Waals surface area contributed by atoms with Crippen molar-refractivity contribution >= 4 is 28.5 Å². The minimum Gasteiger partial charge on any atom is -0.478 e. The van der Waals surface area contributed by atoms with E-state index in [0.29, 0.717) is 22.5 Å². The monoisotopic (exact) mass is 436 g/mol. The second kappa shape index (κ2) is 9.04. The molecule has 0 radical (unpaired) electrons. The van der Waals surface area contributed by atoms with Crippen LogP contribution < -0.4 is 15.6 Å². The third kappa shape index (κ3) is 4.34. The van der Waals surface area contributed by atoms with Crippen molar-refractivity contribution in [2.45, 2.75) is 38.8 Å². The lowest BCUT2D eigenvalue weighted by molar-refractivity contribution is 0.0698. The van der Waals surface area contributed by atoms with Crippen LogP contribution in [0, 0.1) is 6.92 Å². The molecule has 0 saturated carbocycles. The lowest BCUT2D eigenvalue weighted by atomic mass is 10.0. The highest BCUT2D eigenvalue weighted by molar-refractivity contribution is 5.94. The zero-order valence-corrected chi connectivity index (χ0v) is 18.6. The Morgan fingerprint density at radius 1 is 1.22 bits per heavy atom. The summed E-state index contributed by atoms with van der Waals surface area (Å²) in [7, 11) is 1.72. The molecular formula is C25H28N2O5. The van der Waals surface area contributed by atoms with Crippen LogP contribution in [0.15, 0.2) is 51.7 Å². The van der Waals surface area contributed by atoms with Crippen molar-refractivity contribution in [3.05, 3.63) is 69.4 Å². The van der Waals surface area contributed by atoms with Crippen LogP contribution >= 0.6 is 0 Å². The topological polar surface area (TPSA) is 92.0 Å². The van der Waals surface area contributed by atoms with Gasteiger partial charge in [0.05, 0.1) is 23.1 Å². The van der Waals surface area contributed by atoms with Crippen molar-refractivity contribution in [2.75, 3.05) is 30.4 Å². The molecule has 1 aliphatic rings. The van der Waals surface area contributed by atoms with Crippen molar-refractivity contribution in [3.8, 4) is 0 Å². The van der Waals surface area contributed by atoms with Crippen molar-refractivity contribution in [2.24, 2.45) is 0 Å². The highest BCUT2D eigenvalue weighted by Crippen LogP contribution is 2.31. The maximum absolute atomic E-state index is 13.0. The van der Waals surface area contributed by atoms with E-state index in [1.54, 1.807) is 37.4 Å². The van der Waals surface area contributed by atoms with E-state index in [1.807, 2.05) is 26.0 Å². The normalized spacial score (nSPS) is 15.7. The Balaban J connectivity index is 1.73. The molecule has 1 atom stereocenters. The van der Waals surface area contributed by atoms with E-state index >= 15 is 0 Å². The summed E-state index contributed by atoms with van der Waals surface area (Å²) in [6.45, 7) is 5.38. The molecule has 0 amide bonds. The van der Waals surface area contributed by atoms with E-state index in [9.17, 15) is 14.7 Å². The number of carboxylic acids is 1. The molecule has 1 saturated heterocycles. The van der Waals surface area contributed by atoms with Crippen LogP contribution in [0.4, 0.5) is 11.6 Å². The number of nitrogens with one attached hydrogen (secondary N) is 1. The second-order valence-electron chi connectivity index (χ2n) is 8.32. The predicted molar refractivity (Wildman–Crippen MR) is 125 cm³/mol. The number of benzene rings is 2. The van der Waals surface area contributed by atoms with Crippen molar-refractivity contribution in [1.82, 2.24) is 0 Å². The molecule has 0 bridgehead atoms. The number of fused-ring (bicyclic) bond motifs is 1. The average Bonchev–Trinajstić information content (AvgIpc) is 2.79. The van der Waals surface area contributed by atoms with Crippen LogP contribution in [0.5, 0.6) is 0 Å². The molecule has 1 aliphatic heterocycles. The summed E-state index contributed by atoms with van der Waals surface area (Å²) in [4.78, 5) is 26.7. The lowest BCUT2D eigenvalue weighted by Crippen LogP contribution is -2.37. The molecule has 168 valence electrons. The largest absolute Gasteiger partial charge is 0.478 e. The number of rotatable bonds is 6. The predicted octanol–water partition coefficient (Wildman–Crippen LogP) is 4.59. The lowest BCUT2D eigenvalue weighted by Gasteiger charge is -2.31. The van der Waals surface area contributed by atoms with Gasteiger partial charge in [0, 0.05) is 37.5 Å². The molecule has 2 aromatic carbocycles. The van der Waals surface area contributed by atoms with E-state index in [1.165, 1.54) is 0 Å². The summed E-state index contributed by atoms with van der Waals surface area (Å²) in [6.07, 6.45) is 1.99. The molecule has 1 fully saturated rings. The van der Waals surface area contributed by atoms with Gasteiger partial charge in [0.25, 0.3) is 0 Å². The molecule has 1 aromatic heterocycles. The Bertz CT molecular complexity index is 1190. The van der Waals surface area contributed by atoms with Crippen LogP contribution in [0.25, 0.3) is 11.0 Å². The summed E-state index contributed by atoms with van der Waals surface area (Å²) in [5.74, 6) is -0.442. The van der Waals surface area contributed by atoms with Crippen LogP contribution in [-0.2, 0) is 4.74 Å². The number of aryl methyl sites for hydroxylation is 1. The van der Waals surface area contributed by atoms with Crippen LogP contribution in [-0.4, -0.2) is 37.4 Å². The fraction of sp³-hybridized carbons (Fsp3) is 0.360. The van der Waals surface area contributed by atoms with Crippen molar-refractivity contribution in [1.29, 1.82) is 0 Å². The number of carboxylic acid groups (broad SMARTS) is 1. The van der Waals surface area contributed by atoms with E-state index < -0.39 is 5.97 Å². The minimum atomic E-state index is -0.998. The van der Waals surface area contributed by atoms with Gasteiger partial charge in [0.15, 0.2) is 11.3 Å². The summed E-state index contributed by atoms with van der Waals surface area (Å²) in [6, 6.07) is 11.9. The summed E-state index contributed by atoms with van der Waals surface area (Å²) in [5.41, 5.74) is 2.90. The Labute approximate surface area is 186 Å². The third-order valence-electron chi connectivity index (χ3n) is 6.07. The number of hydrogen-bond donors (Lipinski definition) is 2. The Hall–Kier alpha value is -3.32. The third-order valence-corrected chi connectivity index (χ3v) is 6.07. The quantitative estimate of drug-likeness (QED) is 0.584. The zero-order chi connectivity index (χ0) is 22.8. The summed E-state index contributed by atoms with van der Waals surface area (Å²) >= 11 is 0. The highest BCUT2D eigenvalue weighted by Gasteiger charge is 2.23. The fourth-order valence-corrected chi connectivity index (χ4v) is 4.32. The average molecular weight is 437 g/mol. The fourth-order valence-electron chi connectivity index (χ4n) is 4.32. The number of nitrogens with zero attached hydrogens (tertiary/aromatic N) is 1. The van der Waals surface area contributed by atoms with Crippen LogP contribution in [0.3, 0.4) is 0 Å². The highest BCUT2D eigenvalue weighted by atomic mass is 16.5. The molecule has 3 aromatic rings. The van der Waals surface area contributed by atoms with Crippen LogP contribution in [0.1, 0.15) is 47.3 Å². The van der Waals surface area contributed by atoms with Gasteiger partial charge >= 0.3 is 5.97 Å². The number of ether oxygens (including phenoxy) is 1. The van der Waals surface area contributed by atoms with Gasteiger partial charge in [-0.05, 0) is 50.5 Å². The number of carbonyl (C=O) groups is 1. The van der Waals surface area contributed by atoms with Gasteiger partial charge in [-0.1, -0.05) is 18.2 Å². The number of hydrogen-bond acceptors (Lipinski definition) is 6. The molecule has 1 unspecified atom stereocenters. The molecule has 7 nitrogen and oxygen atoms in total. The first kappa shape index (κ1) is 21.9. The van der Waals surface area contributed by atoms with E-state index in [0.717, 1.165) is 37.1 Å². The van der Waals surface area contributed by atoms with Crippen molar-refractivity contribution < 1.29 is 19.1 Å². The number of methoxy groups -OCH3 is 1. The molecule has 0 spiro atoms. The van der Waals surface area contributed by atoms with Gasteiger partial charge in [-0.15, -0.1) is 0 Å². The van der Waals surface area contributed by atoms with E-state index in [2.05, 4.69) is 10.2 Å². The summed E-state index contributed by atoms with van der Waals surface area (Å²) < 4.78 is 11.7. The van der Waals surface area contributed by atoms with Gasteiger partial charge in [-0.2, -0.15) is 0 Å². The minimum absolute atomic E-state index is 0.0850. The number of piperidine rings is 1. The number of anilines is 2. The standard InChI is InChI=1S/C25H28N2O5/c1-15-12-19(16(2)26-21-7-5-4-6-18(21)25(29)30)24-20(13-15)22(28)14-23(32-24)27-10-8-17(31-3)9-11-27/h4-7,12-14,16-17,26H,8-11H2,1-3H3,(H,29,30). The molecule has 32 heavy (non-hydrogen) atoms. The van der Waals surface area contributed by atoms with Gasteiger partial charge in [0.1, 0.15) is 5.58 Å². The van der Waals surface area contributed by atoms with Crippen molar-refractivity contribution in [3.63, 3.8) is 0 Å². The van der Waals surface area contributed by atoms with Gasteiger partial charge in [0.2, 0.25) is 0 Å². The number of para-hydroxylation sites is 1. The molecule has 4 rings (SSSR count). The van der Waals surface area contributed by atoms with Gasteiger partial charge in [-0.25, -0.2) is 4.79 Å². The first-order chi connectivity index (χ1) is 15.4. The van der Waals surface area contributed by atoms with Crippen LogP contribution in [0.2, 0.25) is 0 Å². The van der Waals surface area contributed by atoms with Gasteiger partial charge < -0.3 is 24.5 Å². The smallest absolute Gasteiger partial charge is 0.337 e. The Morgan fingerprint density at radius 2 is 1.94 bits per heavy atom. The Morgan fingerprint density at radius 3 is 2.62 bits per heavy atom. The summed E-state index contributed by atoms with van der Waals surface area (Å²) in [5, 5.41) is 13.3. The second-order valence-corrected chi connectivity index (χ2v) is 8.32. The molecule has 0 aliphatic carbocycles. The SMILES string of the molecule is COC1CCN(c2cc(=O)c3cc(C)cc(C(C)Nc4ccccc4C(=O)O)c3o2)CC1. The number of aromatic carboxylic acids is 1. The maximum Gasteiger partial charge on any atom is 0.337 e. The van der Waals surface area contributed by atoms with E-state index in [-0.39, 0.29) is 23.1 Å².